The number of rotatable bonds is 6. The van der Waals surface area contributed by atoms with Crippen molar-refractivity contribution >= 4 is 28.5 Å². The molecule has 0 bridgehead atoms. The molecule has 142 valence electrons. The number of hydrogen-bond acceptors (Lipinski definition) is 4. The van der Waals surface area contributed by atoms with E-state index in [1.165, 1.54) is 0 Å². The topological polar surface area (TPSA) is 89.0 Å². The first-order chi connectivity index (χ1) is 12.9. The van der Waals surface area contributed by atoms with E-state index in [4.69, 9.17) is 4.74 Å². The lowest BCUT2D eigenvalue weighted by atomic mass is 10.1. The highest BCUT2D eigenvalue weighted by atomic mass is 16.5. The standard InChI is InChI=1S/C20H24N4O3/c1-12-19(13(2)24(4)23-12)22-20(26)14(3)27-18(25)10-9-15-11-21-17-8-6-5-7-16(15)17/h5-8,11,14,21H,9-10H2,1-4H3,(H,22,26)/t14-/m1/s1. The number of esters is 1. The van der Waals surface area contributed by atoms with Gasteiger partial charge in [-0.1, -0.05) is 18.2 Å². The van der Waals surface area contributed by atoms with Crippen LogP contribution in [0.4, 0.5) is 5.69 Å². The summed E-state index contributed by atoms with van der Waals surface area (Å²) in [6.45, 7) is 5.26. The van der Waals surface area contributed by atoms with Crippen LogP contribution in [0, 0.1) is 13.8 Å². The summed E-state index contributed by atoms with van der Waals surface area (Å²) < 4.78 is 6.99. The molecule has 27 heavy (non-hydrogen) atoms. The number of aromatic amines is 1. The zero-order valence-corrected chi connectivity index (χ0v) is 16.0. The molecule has 3 aromatic rings. The van der Waals surface area contributed by atoms with Crippen molar-refractivity contribution < 1.29 is 14.3 Å². The molecule has 2 aromatic heterocycles. The predicted molar refractivity (Wildman–Crippen MR) is 103 cm³/mol. The van der Waals surface area contributed by atoms with Gasteiger partial charge in [-0.25, -0.2) is 0 Å². The van der Waals surface area contributed by atoms with Crippen LogP contribution in [-0.4, -0.2) is 32.7 Å². The number of benzene rings is 1. The molecule has 2 N–H and O–H groups in total. The van der Waals surface area contributed by atoms with Crippen LogP contribution >= 0.6 is 0 Å². The first-order valence-corrected chi connectivity index (χ1v) is 8.92. The summed E-state index contributed by atoms with van der Waals surface area (Å²) >= 11 is 0. The van der Waals surface area contributed by atoms with E-state index in [1.807, 2.05) is 51.4 Å². The number of nitrogens with one attached hydrogen (secondary N) is 2. The van der Waals surface area contributed by atoms with E-state index in [0.717, 1.165) is 27.9 Å². The molecule has 1 atom stereocenters. The Morgan fingerprint density at radius 2 is 2.04 bits per heavy atom. The maximum Gasteiger partial charge on any atom is 0.306 e. The second-order valence-electron chi connectivity index (χ2n) is 6.65. The first-order valence-electron chi connectivity index (χ1n) is 8.92. The van der Waals surface area contributed by atoms with Gasteiger partial charge in [0, 0.05) is 30.6 Å². The number of para-hydroxylation sites is 1. The molecule has 1 aromatic carbocycles. The molecule has 7 nitrogen and oxygen atoms in total. The molecule has 0 aliphatic rings. The Hall–Kier alpha value is -3.09. The maximum atomic E-state index is 12.3. The van der Waals surface area contributed by atoms with E-state index >= 15 is 0 Å². The number of fused-ring (bicyclic) bond motifs is 1. The average Bonchev–Trinajstić information content (AvgIpc) is 3.16. The third-order valence-corrected chi connectivity index (χ3v) is 4.71. The SMILES string of the molecule is Cc1nn(C)c(C)c1NC(=O)[C@@H](C)OC(=O)CCc1c[nH]c2ccccc12. The molecule has 0 fully saturated rings. The molecule has 1 amide bonds. The van der Waals surface area contributed by atoms with Gasteiger partial charge in [0.25, 0.3) is 5.91 Å². The molecule has 0 aliphatic heterocycles. The summed E-state index contributed by atoms with van der Waals surface area (Å²) in [5.74, 6) is -0.766. The van der Waals surface area contributed by atoms with E-state index in [1.54, 1.807) is 11.6 Å². The van der Waals surface area contributed by atoms with Crippen LogP contribution in [0.3, 0.4) is 0 Å². The molecule has 0 saturated carbocycles. The summed E-state index contributed by atoms with van der Waals surface area (Å²) in [5, 5.41) is 8.15. The Morgan fingerprint density at radius 3 is 2.74 bits per heavy atom. The molecule has 7 heteroatoms. The van der Waals surface area contributed by atoms with E-state index < -0.39 is 12.1 Å². The minimum atomic E-state index is -0.875. The summed E-state index contributed by atoms with van der Waals surface area (Å²) in [4.78, 5) is 27.7. The fourth-order valence-corrected chi connectivity index (χ4v) is 3.06. The fraction of sp³-hybridized carbons (Fsp3) is 0.350. The maximum absolute atomic E-state index is 12.3. The zero-order valence-electron chi connectivity index (χ0n) is 16.0. The van der Waals surface area contributed by atoms with Crippen molar-refractivity contribution in [2.45, 2.75) is 39.7 Å². The van der Waals surface area contributed by atoms with E-state index in [9.17, 15) is 9.59 Å². The third-order valence-electron chi connectivity index (χ3n) is 4.71. The minimum absolute atomic E-state index is 0.213. The van der Waals surface area contributed by atoms with Gasteiger partial charge in [0.15, 0.2) is 6.10 Å². The lowest BCUT2D eigenvalue weighted by Gasteiger charge is -2.13. The Balaban J connectivity index is 1.54. The van der Waals surface area contributed by atoms with Crippen LogP contribution in [0.5, 0.6) is 0 Å². The van der Waals surface area contributed by atoms with Crippen LogP contribution < -0.4 is 5.32 Å². The van der Waals surface area contributed by atoms with Crippen LogP contribution in [0.15, 0.2) is 30.5 Å². The number of anilines is 1. The molecule has 2 heterocycles. The normalized spacial score (nSPS) is 12.1. The monoisotopic (exact) mass is 368 g/mol. The second-order valence-corrected chi connectivity index (χ2v) is 6.65. The average molecular weight is 368 g/mol. The molecule has 0 unspecified atom stereocenters. The molecule has 0 aliphatic carbocycles. The highest BCUT2D eigenvalue weighted by molar-refractivity contribution is 5.96. The highest BCUT2D eigenvalue weighted by Gasteiger charge is 2.21. The van der Waals surface area contributed by atoms with E-state index in [0.29, 0.717) is 12.1 Å². The molecule has 3 rings (SSSR count). The lowest BCUT2D eigenvalue weighted by Crippen LogP contribution is -2.30. The number of ether oxygens (including phenoxy) is 1. The van der Waals surface area contributed by atoms with Gasteiger partial charge < -0.3 is 15.0 Å². The van der Waals surface area contributed by atoms with Crippen molar-refractivity contribution in [1.82, 2.24) is 14.8 Å². The molecular formula is C20H24N4O3. The van der Waals surface area contributed by atoms with Gasteiger partial charge in [0.2, 0.25) is 0 Å². The predicted octanol–water partition coefficient (Wildman–Crippen LogP) is 3.02. The molecule has 0 spiro atoms. The van der Waals surface area contributed by atoms with E-state index in [2.05, 4.69) is 15.4 Å². The van der Waals surface area contributed by atoms with Crippen molar-refractivity contribution in [3.05, 3.63) is 47.4 Å². The summed E-state index contributed by atoms with van der Waals surface area (Å²) in [7, 11) is 1.81. The van der Waals surface area contributed by atoms with Gasteiger partial charge in [-0.05, 0) is 38.8 Å². The van der Waals surface area contributed by atoms with Crippen molar-refractivity contribution in [1.29, 1.82) is 0 Å². The zero-order chi connectivity index (χ0) is 19.6. The Labute approximate surface area is 157 Å². The molecule has 0 radical (unpaired) electrons. The summed E-state index contributed by atoms with van der Waals surface area (Å²) in [6, 6.07) is 7.93. The van der Waals surface area contributed by atoms with Crippen molar-refractivity contribution in [2.75, 3.05) is 5.32 Å². The third kappa shape index (κ3) is 4.02. The van der Waals surface area contributed by atoms with E-state index in [-0.39, 0.29) is 12.3 Å². The number of H-pyrrole nitrogens is 1. The van der Waals surface area contributed by atoms with Crippen LogP contribution in [-0.2, 0) is 27.8 Å². The van der Waals surface area contributed by atoms with Gasteiger partial charge in [0.05, 0.1) is 17.1 Å². The van der Waals surface area contributed by atoms with Gasteiger partial charge in [-0.15, -0.1) is 0 Å². The number of nitrogens with zero attached hydrogens (tertiary/aromatic N) is 2. The van der Waals surface area contributed by atoms with Crippen LogP contribution in [0.1, 0.15) is 30.3 Å². The Bertz CT molecular complexity index is 986. The summed E-state index contributed by atoms with van der Waals surface area (Å²) in [6.07, 6.45) is 1.80. The highest BCUT2D eigenvalue weighted by Crippen LogP contribution is 2.20. The van der Waals surface area contributed by atoms with Crippen LogP contribution in [0.2, 0.25) is 0 Å². The number of hydrogen-bond donors (Lipinski definition) is 2. The number of aryl methyl sites for hydroxylation is 3. The molecular weight excluding hydrogens is 344 g/mol. The quantitative estimate of drug-likeness (QED) is 0.655. The van der Waals surface area contributed by atoms with Gasteiger partial charge in [-0.2, -0.15) is 5.10 Å². The Morgan fingerprint density at radius 1 is 1.30 bits per heavy atom. The number of amides is 1. The van der Waals surface area contributed by atoms with Crippen molar-refractivity contribution in [2.24, 2.45) is 7.05 Å². The second kappa shape index (κ2) is 7.65. The number of carbonyl (C=O) groups is 2. The summed E-state index contributed by atoms with van der Waals surface area (Å²) in [5.41, 5.74) is 4.32. The largest absolute Gasteiger partial charge is 0.453 e. The lowest BCUT2D eigenvalue weighted by molar-refractivity contribution is -0.153. The number of aromatic nitrogens is 3. The fourth-order valence-electron chi connectivity index (χ4n) is 3.06. The van der Waals surface area contributed by atoms with Crippen molar-refractivity contribution in [3.8, 4) is 0 Å². The van der Waals surface area contributed by atoms with Crippen molar-refractivity contribution in [3.63, 3.8) is 0 Å². The molecule has 0 saturated heterocycles. The first kappa shape index (κ1) is 18.7. The van der Waals surface area contributed by atoms with Gasteiger partial charge >= 0.3 is 5.97 Å². The Kier molecular flexibility index (Phi) is 5.30. The van der Waals surface area contributed by atoms with Gasteiger partial charge in [-0.3, -0.25) is 14.3 Å². The van der Waals surface area contributed by atoms with Crippen LogP contribution in [0.25, 0.3) is 10.9 Å². The van der Waals surface area contributed by atoms with Gasteiger partial charge in [0.1, 0.15) is 0 Å². The smallest absolute Gasteiger partial charge is 0.306 e. The number of carbonyl (C=O) groups excluding carboxylic acids is 2. The minimum Gasteiger partial charge on any atom is -0.453 e.